The molecule has 4 heteroatoms. The molecule has 0 amide bonds. The number of nitrogens with two attached hydrogens (primary N) is 1. The van der Waals surface area contributed by atoms with E-state index >= 15 is 0 Å². The van der Waals surface area contributed by atoms with Crippen LogP contribution in [-0.4, -0.2) is 19.8 Å². The van der Waals surface area contributed by atoms with Gasteiger partial charge in [0.25, 0.3) is 0 Å². The molecule has 0 radical (unpaired) electrons. The molecule has 90 valence electrons. The first kappa shape index (κ1) is 12.8. The van der Waals surface area contributed by atoms with E-state index in [0.717, 1.165) is 5.69 Å². The van der Waals surface area contributed by atoms with E-state index in [9.17, 15) is 4.39 Å². The third-order valence-corrected chi connectivity index (χ3v) is 2.51. The highest BCUT2D eigenvalue weighted by atomic mass is 19.1. The molecule has 0 aliphatic carbocycles. The SMILES string of the molecule is COCC(Nc1ccc(F)cc1N)C(C)C. The highest BCUT2D eigenvalue weighted by molar-refractivity contribution is 5.66. The van der Waals surface area contributed by atoms with Gasteiger partial charge in [-0.3, -0.25) is 0 Å². The van der Waals surface area contributed by atoms with Crippen molar-refractivity contribution < 1.29 is 9.13 Å². The van der Waals surface area contributed by atoms with Gasteiger partial charge in [0.15, 0.2) is 0 Å². The van der Waals surface area contributed by atoms with Crippen LogP contribution in [0, 0.1) is 11.7 Å². The zero-order chi connectivity index (χ0) is 12.1. The molecule has 0 heterocycles. The maximum Gasteiger partial charge on any atom is 0.125 e. The molecule has 0 fully saturated rings. The van der Waals surface area contributed by atoms with Crippen LogP contribution in [0.2, 0.25) is 0 Å². The summed E-state index contributed by atoms with van der Waals surface area (Å²) in [4.78, 5) is 0. The van der Waals surface area contributed by atoms with Gasteiger partial charge in [0.05, 0.1) is 24.0 Å². The normalized spacial score (nSPS) is 12.8. The van der Waals surface area contributed by atoms with Crippen molar-refractivity contribution in [2.45, 2.75) is 19.9 Å². The zero-order valence-electron chi connectivity index (χ0n) is 9.96. The van der Waals surface area contributed by atoms with Gasteiger partial charge in [-0.05, 0) is 24.1 Å². The second-order valence-electron chi connectivity index (χ2n) is 4.18. The molecule has 1 aromatic rings. The van der Waals surface area contributed by atoms with Crippen molar-refractivity contribution >= 4 is 11.4 Å². The molecule has 3 N–H and O–H groups in total. The molecule has 16 heavy (non-hydrogen) atoms. The van der Waals surface area contributed by atoms with E-state index in [1.54, 1.807) is 13.2 Å². The Kier molecular flexibility index (Phi) is 4.55. The Hall–Kier alpha value is -1.29. The summed E-state index contributed by atoms with van der Waals surface area (Å²) >= 11 is 0. The lowest BCUT2D eigenvalue weighted by molar-refractivity contribution is 0.171. The Morgan fingerprint density at radius 3 is 2.62 bits per heavy atom. The van der Waals surface area contributed by atoms with E-state index < -0.39 is 0 Å². The van der Waals surface area contributed by atoms with Gasteiger partial charge < -0.3 is 15.8 Å². The van der Waals surface area contributed by atoms with Gasteiger partial charge >= 0.3 is 0 Å². The van der Waals surface area contributed by atoms with Crippen LogP contribution < -0.4 is 11.1 Å². The third-order valence-electron chi connectivity index (χ3n) is 2.51. The highest BCUT2D eigenvalue weighted by Gasteiger charge is 2.14. The first-order valence-electron chi connectivity index (χ1n) is 5.35. The smallest absolute Gasteiger partial charge is 0.125 e. The summed E-state index contributed by atoms with van der Waals surface area (Å²) in [7, 11) is 1.66. The summed E-state index contributed by atoms with van der Waals surface area (Å²) in [6.45, 7) is 4.78. The van der Waals surface area contributed by atoms with E-state index in [2.05, 4.69) is 19.2 Å². The highest BCUT2D eigenvalue weighted by Crippen LogP contribution is 2.21. The Morgan fingerprint density at radius 2 is 2.12 bits per heavy atom. The molecule has 0 aromatic heterocycles. The lowest BCUT2D eigenvalue weighted by Crippen LogP contribution is -2.30. The first-order chi connectivity index (χ1) is 7.54. The minimum absolute atomic E-state index is 0.165. The molecule has 0 bridgehead atoms. The standard InChI is InChI=1S/C12H19FN2O/c1-8(2)12(7-16-3)15-11-5-4-9(13)6-10(11)14/h4-6,8,12,15H,7,14H2,1-3H3. The molecule has 0 aliphatic rings. The molecular formula is C12H19FN2O. The molecule has 0 aliphatic heterocycles. The largest absolute Gasteiger partial charge is 0.397 e. The van der Waals surface area contributed by atoms with Gasteiger partial charge in [-0.15, -0.1) is 0 Å². The fourth-order valence-electron chi connectivity index (χ4n) is 1.45. The second-order valence-corrected chi connectivity index (χ2v) is 4.18. The van der Waals surface area contributed by atoms with Gasteiger partial charge in [0, 0.05) is 7.11 Å². The average molecular weight is 226 g/mol. The molecule has 1 rings (SSSR count). The van der Waals surface area contributed by atoms with Gasteiger partial charge in [0.2, 0.25) is 0 Å². The number of ether oxygens (including phenoxy) is 1. The van der Waals surface area contributed by atoms with Gasteiger partial charge in [-0.2, -0.15) is 0 Å². The van der Waals surface area contributed by atoms with E-state index in [-0.39, 0.29) is 11.9 Å². The number of benzene rings is 1. The summed E-state index contributed by atoms with van der Waals surface area (Å²) in [6.07, 6.45) is 0. The molecule has 0 spiro atoms. The Bertz CT molecular complexity index is 342. The van der Waals surface area contributed by atoms with E-state index in [1.807, 2.05) is 0 Å². The van der Waals surface area contributed by atoms with Gasteiger partial charge in [0.1, 0.15) is 5.82 Å². The maximum atomic E-state index is 12.9. The number of nitrogens with one attached hydrogen (secondary N) is 1. The first-order valence-corrected chi connectivity index (χ1v) is 5.35. The van der Waals surface area contributed by atoms with E-state index in [4.69, 9.17) is 10.5 Å². The van der Waals surface area contributed by atoms with Crippen molar-refractivity contribution in [1.29, 1.82) is 0 Å². The number of anilines is 2. The summed E-state index contributed by atoms with van der Waals surface area (Å²) in [5, 5.41) is 3.26. The molecular weight excluding hydrogens is 207 g/mol. The third kappa shape index (κ3) is 3.38. The zero-order valence-corrected chi connectivity index (χ0v) is 9.96. The molecule has 3 nitrogen and oxygen atoms in total. The molecule has 1 aromatic carbocycles. The fourth-order valence-corrected chi connectivity index (χ4v) is 1.45. The molecule has 0 saturated carbocycles. The predicted octanol–water partition coefficient (Wildman–Crippen LogP) is 2.49. The quantitative estimate of drug-likeness (QED) is 0.758. The van der Waals surface area contributed by atoms with E-state index in [0.29, 0.717) is 18.2 Å². The van der Waals surface area contributed by atoms with Gasteiger partial charge in [-0.1, -0.05) is 13.8 Å². The Balaban J connectivity index is 2.77. The molecule has 0 saturated heterocycles. The van der Waals surface area contributed by atoms with Crippen LogP contribution in [0.3, 0.4) is 0 Å². The van der Waals surface area contributed by atoms with Crippen LogP contribution in [0.4, 0.5) is 15.8 Å². The van der Waals surface area contributed by atoms with E-state index in [1.165, 1.54) is 12.1 Å². The average Bonchev–Trinajstić information content (AvgIpc) is 2.20. The number of hydrogen-bond donors (Lipinski definition) is 2. The van der Waals surface area contributed by atoms with Crippen molar-refractivity contribution in [3.05, 3.63) is 24.0 Å². The van der Waals surface area contributed by atoms with Crippen molar-refractivity contribution in [1.82, 2.24) is 0 Å². The lowest BCUT2D eigenvalue weighted by Gasteiger charge is -2.23. The van der Waals surface area contributed by atoms with Crippen molar-refractivity contribution in [2.24, 2.45) is 5.92 Å². The Morgan fingerprint density at radius 1 is 1.44 bits per heavy atom. The van der Waals surface area contributed by atoms with Crippen molar-refractivity contribution in [2.75, 3.05) is 24.8 Å². The minimum atomic E-state index is -0.323. The lowest BCUT2D eigenvalue weighted by atomic mass is 10.0. The minimum Gasteiger partial charge on any atom is -0.397 e. The van der Waals surface area contributed by atoms with Crippen LogP contribution in [0.5, 0.6) is 0 Å². The fraction of sp³-hybridized carbons (Fsp3) is 0.500. The summed E-state index contributed by atoms with van der Waals surface area (Å²) < 4.78 is 18.0. The molecule has 1 atom stereocenters. The summed E-state index contributed by atoms with van der Waals surface area (Å²) in [5.41, 5.74) is 6.89. The van der Waals surface area contributed by atoms with Gasteiger partial charge in [-0.25, -0.2) is 4.39 Å². The number of halogens is 1. The van der Waals surface area contributed by atoms with Crippen LogP contribution in [-0.2, 0) is 4.74 Å². The molecule has 1 unspecified atom stereocenters. The topological polar surface area (TPSA) is 47.3 Å². The second kappa shape index (κ2) is 5.70. The predicted molar refractivity (Wildman–Crippen MR) is 64.9 cm³/mol. The van der Waals surface area contributed by atoms with Crippen molar-refractivity contribution in [3.8, 4) is 0 Å². The summed E-state index contributed by atoms with van der Waals surface area (Å²) in [6, 6.07) is 4.52. The van der Waals surface area contributed by atoms with Crippen LogP contribution in [0.15, 0.2) is 18.2 Å². The van der Waals surface area contributed by atoms with Crippen LogP contribution in [0.25, 0.3) is 0 Å². The van der Waals surface area contributed by atoms with Crippen LogP contribution in [0.1, 0.15) is 13.8 Å². The number of nitrogen functional groups attached to an aromatic ring is 1. The maximum absolute atomic E-state index is 12.9. The summed E-state index contributed by atoms with van der Waals surface area (Å²) in [5.74, 6) is 0.0836. The number of rotatable bonds is 5. The van der Waals surface area contributed by atoms with Crippen molar-refractivity contribution in [3.63, 3.8) is 0 Å². The Labute approximate surface area is 95.8 Å². The monoisotopic (exact) mass is 226 g/mol. The number of methoxy groups -OCH3 is 1. The number of hydrogen-bond acceptors (Lipinski definition) is 3. The van der Waals surface area contributed by atoms with Crippen LogP contribution >= 0.6 is 0 Å².